The molecule has 21 heavy (non-hydrogen) atoms. The number of amides is 1. The van der Waals surface area contributed by atoms with Crippen LogP contribution in [0.5, 0.6) is 5.75 Å². The highest BCUT2D eigenvalue weighted by Gasteiger charge is 2.05. The van der Waals surface area contributed by atoms with E-state index in [1.54, 1.807) is 37.3 Å². The average Bonchev–Trinajstić information content (AvgIpc) is 2.48. The summed E-state index contributed by atoms with van der Waals surface area (Å²) in [5.41, 5.74) is 6.45. The van der Waals surface area contributed by atoms with E-state index in [0.717, 1.165) is 0 Å². The van der Waals surface area contributed by atoms with Gasteiger partial charge in [0, 0.05) is 6.42 Å². The number of aromatic nitrogens is 1. The number of aromatic hydroxyl groups is 1. The Bertz CT molecular complexity index is 685. The van der Waals surface area contributed by atoms with Crippen molar-refractivity contribution in [2.24, 2.45) is 10.2 Å². The van der Waals surface area contributed by atoms with E-state index >= 15 is 0 Å². The highest BCUT2D eigenvalue weighted by atomic mass is 16.3. The molecule has 0 atom stereocenters. The molecular weight excluding hydrogens is 270 g/mol. The lowest BCUT2D eigenvalue weighted by Gasteiger charge is -2.04. The van der Waals surface area contributed by atoms with E-state index in [1.807, 2.05) is 0 Å². The largest absolute Gasteiger partial charge is 0.506 e. The van der Waals surface area contributed by atoms with Crippen molar-refractivity contribution < 1.29 is 9.90 Å². The number of nitrogen functional groups attached to an aromatic ring is 1. The van der Waals surface area contributed by atoms with Gasteiger partial charge in [-0.05, 0) is 24.3 Å². The number of phenols is 1. The Labute approximate surface area is 121 Å². The van der Waals surface area contributed by atoms with Crippen LogP contribution in [0.15, 0.2) is 46.6 Å². The summed E-state index contributed by atoms with van der Waals surface area (Å²) in [4.78, 5) is 15.3. The van der Waals surface area contributed by atoms with Crippen molar-refractivity contribution in [1.82, 2.24) is 4.98 Å². The van der Waals surface area contributed by atoms with Gasteiger partial charge in [0.1, 0.15) is 22.9 Å². The lowest BCUT2D eigenvalue weighted by molar-refractivity contribution is -0.115. The molecule has 0 fully saturated rings. The van der Waals surface area contributed by atoms with E-state index in [9.17, 15) is 9.90 Å². The van der Waals surface area contributed by atoms with Crippen molar-refractivity contribution in [2.45, 2.75) is 13.3 Å². The maximum absolute atomic E-state index is 11.3. The summed E-state index contributed by atoms with van der Waals surface area (Å²) >= 11 is 0. The van der Waals surface area contributed by atoms with Crippen molar-refractivity contribution in [3.8, 4) is 5.75 Å². The number of hydrogen-bond donors (Lipinski definition) is 3. The molecule has 1 aromatic carbocycles. The first kappa shape index (κ1) is 14.4. The van der Waals surface area contributed by atoms with Crippen molar-refractivity contribution in [3.05, 3.63) is 36.4 Å². The van der Waals surface area contributed by atoms with Gasteiger partial charge in [0.05, 0.1) is 0 Å². The van der Waals surface area contributed by atoms with Gasteiger partial charge in [0.2, 0.25) is 5.91 Å². The maximum atomic E-state index is 11.3. The summed E-state index contributed by atoms with van der Waals surface area (Å²) in [6, 6.07) is 9.74. The number of nitrogens with one attached hydrogen (secondary N) is 1. The van der Waals surface area contributed by atoms with Gasteiger partial charge < -0.3 is 16.2 Å². The van der Waals surface area contributed by atoms with Gasteiger partial charge in [0.25, 0.3) is 0 Å². The topological polar surface area (TPSA) is 113 Å². The minimum Gasteiger partial charge on any atom is -0.506 e. The first-order valence-corrected chi connectivity index (χ1v) is 6.36. The van der Waals surface area contributed by atoms with E-state index in [2.05, 4.69) is 20.5 Å². The molecule has 2 rings (SSSR count). The third kappa shape index (κ3) is 3.75. The second-order valence-electron chi connectivity index (χ2n) is 4.19. The van der Waals surface area contributed by atoms with Crippen LogP contribution in [0, 0.1) is 0 Å². The summed E-state index contributed by atoms with van der Waals surface area (Å²) in [6.07, 6.45) is 0.357. The summed E-state index contributed by atoms with van der Waals surface area (Å²) < 4.78 is 0. The molecule has 0 aliphatic rings. The third-order valence-corrected chi connectivity index (χ3v) is 2.64. The molecule has 7 heteroatoms. The number of nitrogens with two attached hydrogens (primary N) is 1. The fourth-order valence-electron chi connectivity index (χ4n) is 1.51. The van der Waals surface area contributed by atoms with E-state index in [0.29, 0.717) is 23.6 Å². The monoisotopic (exact) mass is 285 g/mol. The quantitative estimate of drug-likeness (QED) is 0.749. The van der Waals surface area contributed by atoms with Gasteiger partial charge in [0.15, 0.2) is 5.82 Å². The number of anilines is 2. The normalized spacial score (nSPS) is 10.7. The Balaban J connectivity index is 2.18. The zero-order chi connectivity index (χ0) is 15.2. The number of rotatable bonds is 4. The van der Waals surface area contributed by atoms with Crippen LogP contribution >= 0.6 is 0 Å². The highest BCUT2D eigenvalue weighted by Crippen LogP contribution is 2.29. The van der Waals surface area contributed by atoms with Crippen LogP contribution in [0.4, 0.5) is 23.0 Å². The molecule has 0 aliphatic carbocycles. The van der Waals surface area contributed by atoms with Gasteiger partial charge >= 0.3 is 0 Å². The molecule has 0 spiro atoms. The second-order valence-corrected chi connectivity index (χ2v) is 4.19. The first-order valence-electron chi connectivity index (χ1n) is 6.36. The first-order chi connectivity index (χ1) is 10.1. The summed E-state index contributed by atoms with van der Waals surface area (Å²) in [7, 11) is 0. The fraction of sp³-hybridized carbons (Fsp3) is 0.143. The van der Waals surface area contributed by atoms with Gasteiger partial charge in [-0.25, -0.2) is 4.98 Å². The molecular formula is C14H15N5O2. The minimum atomic E-state index is -0.148. The van der Waals surface area contributed by atoms with Gasteiger partial charge in [-0.15, -0.1) is 10.2 Å². The van der Waals surface area contributed by atoms with E-state index < -0.39 is 0 Å². The van der Waals surface area contributed by atoms with Crippen molar-refractivity contribution in [1.29, 1.82) is 0 Å². The summed E-state index contributed by atoms with van der Waals surface area (Å²) in [5, 5.41) is 20.0. The van der Waals surface area contributed by atoms with Crippen molar-refractivity contribution in [2.75, 3.05) is 11.1 Å². The number of hydrogen-bond acceptors (Lipinski definition) is 6. The fourth-order valence-corrected chi connectivity index (χ4v) is 1.51. The smallest absolute Gasteiger partial charge is 0.225 e. The SMILES string of the molecule is CCC(=O)Nc1ccc(/N=N/c2ccccc2O)c(N)n1. The number of benzene rings is 1. The van der Waals surface area contributed by atoms with Crippen molar-refractivity contribution >= 4 is 28.9 Å². The Morgan fingerprint density at radius 1 is 1.24 bits per heavy atom. The molecule has 1 aromatic heterocycles. The number of carbonyl (C=O) groups is 1. The highest BCUT2D eigenvalue weighted by molar-refractivity contribution is 5.89. The number of pyridine rings is 1. The minimum absolute atomic E-state index is 0.0274. The Morgan fingerprint density at radius 3 is 2.62 bits per heavy atom. The number of para-hydroxylation sites is 1. The molecule has 1 heterocycles. The predicted molar refractivity (Wildman–Crippen MR) is 79.9 cm³/mol. The van der Waals surface area contributed by atoms with Gasteiger partial charge in [-0.3, -0.25) is 4.79 Å². The number of phenolic OH excluding ortho intramolecular Hbond substituents is 1. The number of azo groups is 1. The lowest BCUT2D eigenvalue weighted by atomic mass is 10.3. The second kappa shape index (κ2) is 6.47. The van der Waals surface area contributed by atoms with E-state index in [1.165, 1.54) is 6.07 Å². The zero-order valence-corrected chi connectivity index (χ0v) is 11.4. The van der Waals surface area contributed by atoms with E-state index in [4.69, 9.17) is 5.73 Å². The molecule has 0 saturated heterocycles. The molecule has 0 aliphatic heterocycles. The Kier molecular flexibility index (Phi) is 4.45. The van der Waals surface area contributed by atoms with Crippen LogP contribution in [-0.4, -0.2) is 16.0 Å². The number of carbonyl (C=O) groups excluding carboxylic acids is 1. The zero-order valence-electron chi connectivity index (χ0n) is 11.4. The molecule has 0 bridgehead atoms. The summed E-state index contributed by atoms with van der Waals surface area (Å²) in [5.74, 6) is 0.383. The predicted octanol–water partition coefficient (Wildman–Crippen LogP) is 3.13. The van der Waals surface area contributed by atoms with Crippen LogP contribution in [0.2, 0.25) is 0 Å². The average molecular weight is 285 g/mol. The Hall–Kier alpha value is -2.96. The van der Waals surface area contributed by atoms with Crippen LogP contribution in [-0.2, 0) is 4.79 Å². The number of nitrogens with zero attached hydrogens (tertiary/aromatic N) is 3. The van der Waals surface area contributed by atoms with Crippen LogP contribution < -0.4 is 11.1 Å². The maximum Gasteiger partial charge on any atom is 0.225 e. The molecule has 0 radical (unpaired) electrons. The standard InChI is InChI=1S/C14H15N5O2/c1-2-13(21)16-12-8-7-10(14(15)17-12)19-18-9-5-3-4-6-11(9)20/h3-8,20H,2H2,1H3,(H3,15,16,17,21)/b19-18+. The van der Waals surface area contributed by atoms with Crippen LogP contribution in [0.1, 0.15) is 13.3 Å². The van der Waals surface area contributed by atoms with Crippen LogP contribution in [0.25, 0.3) is 0 Å². The molecule has 0 saturated carbocycles. The molecule has 2 aromatic rings. The molecule has 1 amide bonds. The van der Waals surface area contributed by atoms with Gasteiger partial charge in [-0.2, -0.15) is 0 Å². The lowest BCUT2D eigenvalue weighted by Crippen LogP contribution is -2.11. The molecule has 0 unspecified atom stereocenters. The molecule has 7 nitrogen and oxygen atoms in total. The summed E-state index contributed by atoms with van der Waals surface area (Å²) in [6.45, 7) is 1.74. The van der Waals surface area contributed by atoms with Crippen molar-refractivity contribution in [3.63, 3.8) is 0 Å². The third-order valence-electron chi connectivity index (χ3n) is 2.64. The van der Waals surface area contributed by atoms with E-state index in [-0.39, 0.29) is 17.5 Å². The molecule has 4 N–H and O–H groups in total. The Morgan fingerprint density at radius 2 is 1.95 bits per heavy atom. The van der Waals surface area contributed by atoms with Gasteiger partial charge in [-0.1, -0.05) is 19.1 Å². The van der Waals surface area contributed by atoms with Crippen LogP contribution in [0.3, 0.4) is 0 Å². The molecule has 108 valence electrons.